The molecule has 0 fully saturated rings. The highest BCUT2D eigenvalue weighted by Gasteiger charge is 2.21. The van der Waals surface area contributed by atoms with Gasteiger partial charge in [-0.25, -0.2) is 12.8 Å². The number of pyridine rings is 1. The van der Waals surface area contributed by atoms with Gasteiger partial charge < -0.3 is 10.1 Å². The second-order valence-electron chi connectivity index (χ2n) is 4.94. The van der Waals surface area contributed by atoms with Crippen molar-refractivity contribution in [2.75, 3.05) is 18.2 Å². The van der Waals surface area contributed by atoms with E-state index in [4.69, 9.17) is 16.3 Å². The van der Waals surface area contributed by atoms with Crippen LogP contribution < -0.4 is 10.1 Å². The van der Waals surface area contributed by atoms with Crippen LogP contribution in [0.25, 0.3) is 11.3 Å². The predicted molar refractivity (Wildman–Crippen MR) is 81.9 cm³/mol. The van der Waals surface area contributed by atoms with Gasteiger partial charge >= 0.3 is 0 Å². The first-order valence-electron chi connectivity index (χ1n) is 6.38. The molecule has 0 spiro atoms. The second-order valence-corrected chi connectivity index (χ2v) is 7.36. The number of nitrogens with one attached hydrogen (secondary N) is 1. The predicted octanol–water partition coefficient (Wildman–Crippen LogP) is 2.28. The molecule has 9 heteroatoms. The molecule has 23 heavy (non-hydrogen) atoms. The molecule has 6 nitrogen and oxygen atoms in total. The van der Waals surface area contributed by atoms with Crippen molar-refractivity contribution in [3.8, 4) is 17.0 Å². The lowest BCUT2D eigenvalue weighted by atomic mass is 10.1. The summed E-state index contributed by atoms with van der Waals surface area (Å²) >= 11 is 6.04. The standard InChI is InChI=1S/C14H10ClFN2O4S/c1-23(20,21)7-2-9(15)14(17-5-7)8-3-11-12(4-10(8)16)22-6-13(19)18-11/h2-5H,6H2,1H3,(H,18,19). The number of rotatable bonds is 2. The van der Waals surface area contributed by atoms with E-state index >= 15 is 0 Å². The average molecular weight is 357 g/mol. The van der Waals surface area contributed by atoms with Crippen LogP contribution >= 0.6 is 11.6 Å². The van der Waals surface area contributed by atoms with Gasteiger partial charge in [-0.3, -0.25) is 9.78 Å². The number of carbonyl (C=O) groups excluding carboxylic acids is 1. The number of hydrogen-bond donors (Lipinski definition) is 1. The molecule has 1 aromatic heterocycles. The summed E-state index contributed by atoms with van der Waals surface area (Å²) in [7, 11) is -3.47. The maximum Gasteiger partial charge on any atom is 0.262 e. The van der Waals surface area contributed by atoms with E-state index in [0.717, 1.165) is 18.5 Å². The van der Waals surface area contributed by atoms with E-state index in [1.807, 2.05) is 0 Å². The summed E-state index contributed by atoms with van der Waals surface area (Å²) in [4.78, 5) is 15.2. The maximum absolute atomic E-state index is 14.3. The minimum absolute atomic E-state index is 0.0187. The Morgan fingerprint density at radius 3 is 2.74 bits per heavy atom. The van der Waals surface area contributed by atoms with Crippen molar-refractivity contribution in [2.24, 2.45) is 0 Å². The van der Waals surface area contributed by atoms with Gasteiger partial charge in [-0.2, -0.15) is 0 Å². The molecule has 0 bridgehead atoms. The summed E-state index contributed by atoms with van der Waals surface area (Å²) < 4.78 is 42.4. The molecule has 1 aliphatic heterocycles. The highest BCUT2D eigenvalue weighted by molar-refractivity contribution is 7.90. The Bertz CT molecular complexity index is 931. The number of ether oxygens (including phenoxy) is 1. The Hall–Kier alpha value is -2.19. The van der Waals surface area contributed by atoms with Crippen LogP contribution in [0.3, 0.4) is 0 Å². The highest BCUT2D eigenvalue weighted by Crippen LogP contribution is 2.37. The number of nitrogens with zero attached hydrogens (tertiary/aromatic N) is 1. The number of carbonyl (C=O) groups is 1. The van der Waals surface area contributed by atoms with Crippen molar-refractivity contribution >= 4 is 33.0 Å². The summed E-state index contributed by atoms with van der Waals surface area (Å²) in [5, 5.41) is 2.54. The van der Waals surface area contributed by atoms with Crippen molar-refractivity contribution in [3.05, 3.63) is 35.2 Å². The summed E-state index contributed by atoms with van der Waals surface area (Å²) in [5.41, 5.74) is 0.390. The van der Waals surface area contributed by atoms with Gasteiger partial charge in [0.25, 0.3) is 5.91 Å². The molecule has 0 saturated carbocycles. The van der Waals surface area contributed by atoms with Crippen LogP contribution in [-0.4, -0.2) is 32.2 Å². The lowest BCUT2D eigenvalue weighted by Gasteiger charge is -2.19. The molecule has 0 saturated heterocycles. The van der Waals surface area contributed by atoms with E-state index in [9.17, 15) is 17.6 Å². The Balaban J connectivity index is 2.12. The number of fused-ring (bicyclic) bond motifs is 1. The van der Waals surface area contributed by atoms with Gasteiger partial charge in [0, 0.05) is 24.1 Å². The summed E-state index contributed by atoms with van der Waals surface area (Å²) in [6, 6.07) is 3.66. The fourth-order valence-electron chi connectivity index (χ4n) is 2.10. The van der Waals surface area contributed by atoms with E-state index in [2.05, 4.69) is 10.3 Å². The molecule has 1 aromatic carbocycles. The van der Waals surface area contributed by atoms with Crippen LogP contribution in [0.4, 0.5) is 10.1 Å². The zero-order valence-corrected chi connectivity index (χ0v) is 13.3. The summed E-state index contributed by atoms with van der Waals surface area (Å²) in [6.07, 6.45) is 2.12. The quantitative estimate of drug-likeness (QED) is 0.892. The second kappa shape index (κ2) is 5.47. The number of benzene rings is 1. The lowest BCUT2D eigenvalue weighted by Crippen LogP contribution is -2.25. The van der Waals surface area contributed by atoms with Crippen LogP contribution in [-0.2, 0) is 14.6 Å². The van der Waals surface area contributed by atoms with Gasteiger partial charge in [-0.15, -0.1) is 0 Å². The van der Waals surface area contributed by atoms with Crippen molar-refractivity contribution in [3.63, 3.8) is 0 Å². The summed E-state index contributed by atoms with van der Waals surface area (Å²) in [6.45, 7) is -0.187. The molecule has 0 unspecified atom stereocenters. The van der Waals surface area contributed by atoms with E-state index in [1.165, 1.54) is 12.1 Å². The van der Waals surface area contributed by atoms with Gasteiger partial charge in [0.15, 0.2) is 16.4 Å². The average Bonchev–Trinajstić information content (AvgIpc) is 2.46. The Morgan fingerprint density at radius 2 is 2.09 bits per heavy atom. The van der Waals surface area contributed by atoms with E-state index in [0.29, 0.717) is 5.69 Å². The number of hydrogen-bond acceptors (Lipinski definition) is 5. The fraction of sp³-hybridized carbons (Fsp3) is 0.143. The number of amides is 1. The fourth-order valence-corrected chi connectivity index (χ4v) is 3.01. The highest BCUT2D eigenvalue weighted by atomic mass is 35.5. The van der Waals surface area contributed by atoms with Gasteiger partial charge in [0.05, 0.1) is 21.3 Å². The molecule has 1 aliphatic rings. The van der Waals surface area contributed by atoms with Gasteiger partial charge in [0.1, 0.15) is 11.6 Å². The third kappa shape index (κ3) is 2.99. The van der Waals surface area contributed by atoms with Crippen molar-refractivity contribution in [2.45, 2.75) is 4.90 Å². The minimum Gasteiger partial charge on any atom is -0.481 e. The first-order valence-corrected chi connectivity index (χ1v) is 8.65. The van der Waals surface area contributed by atoms with E-state index < -0.39 is 15.7 Å². The zero-order valence-electron chi connectivity index (χ0n) is 11.8. The molecule has 1 N–H and O–H groups in total. The number of anilines is 1. The van der Waals surface area contributed by atoms with Gasteiger partial charge in [0.2, 0.25) is 0 Å². The Morgan fingerprint density at radius 1 is 1.35 bits per heavy atom. The van der Waals surface area contributed by atoms with E-state index in [1.54, 1.807) is 0 Å². The van der Waals surface area contributed by atoms with Gasteiger partial charge in [-0.05, 0) is 12.1 Å². The van der Waals surface area contributed by atoms with Crippen LogP contribution in [0.5, 0.6) is 5.75 Å². The molecule has 0 atom stereocenters. The maximum atomic E-state index is 14.3. The molecule has 120 valence electrons. The Kier molecular flexibility index (Phi) is 3.73. The van der Waals surface area contributed by atoms with Crippen molar-refractivity contribution in [1.29, 1.82) is 0 Å². The lowest BCUT2D eigenvalue weighted by molar-refractivity contribution is -0.118. The van der Waals surface area contributed by atoms with Crippen LogP contribution in [0, 0.1) is 5.82 Å². The van der Waals surface area contributed by atoms with Crippen LogP contribution in [0.15, 0.2) is 29.3 Å². The minimum atomic E-state index is -3.47. The molecule has 1 amide bonds. The zero-order chi connectivity index (χ0) is 16.8. The molecular weight excluding hydrogens is 347 g/mol. The SMILES string of the molecule is CS(=O)(=O)c1cnc(-c2cc3c(cc2F)OCC(=O)N3)c(Cl)c1. The van der Waals surface area contributed by atoms with E-state index in [-0.39, 0.29) is 39.4 Å². The van der Waals surface area contributed by atoms with Crippen LogP contribution in [0.1, 0.15) is 0 Å². The smallest absolute Gasteiger partial charge is 0.262 e. The first kappa shape index (κ1) is 15.7. The van der Waals surface area contributed by atoms with Crippen molar-refractivity contribution < 1.29 is 22.3 Å². The monoisotopic (exact) mass is 356 g/mol. The normalized spacial score (nSPS) is 14.0. The molecule has 2 aromatic rings. The van der Waals surface area contributed by atoms with Crippen molar-refractivity contribution in [1.82, 2.24) is 4.98 Å². The molecule has 2 heterocycles. The topological polar surface area (TPSA) is 85.4 Å². The molecule has 0 aliphatic carbocycles. The van der Waals surface area contributed by atoms with Gasteiger partial charge in [-0.1, -0.05) is 11.6 Å². The molecule has 0 radical (unpaired) electrons. The largest absolute Gasteiger partial charge is 0.481 e. The first-order chi connectivity index (χ1) is 10.8. The third-order valence-corrected chi connectivity index (χ3v) is 4.57. The summed E-state index contributed by atoms with van der Waals surface area (Å²) in [5.74, 6) is -0.808. The Labute approximate surface area is 136 Å². The number of aromatic nitrogens is 1. The molecular formula is C14H10ClFN2O4S. The van der Waals surface area contributed by atoms with Crippen LogP contribution in [0.2, 0.25) is 5.02 Å². The number of halogens is 2. The number of sulfone groups is 1. The molecule has 3 rings (SSSR count). The third-order valence-electron chi connectivity index (χ3n) is 3.20.